The van der Waals surface area contributed by atoms with Crippen molar-refractivity contribution >= 4 is 45.7 Å². The molecule has 0 saturated heterocycles. The van der Waals surface area contributed by atoms with E-state index in [4.69, 9.17) is 11.6 Å². The Bertz CT molecular complexity index is 774. The normalized spacial score (nSPS) is 11.3. The second-order valence-corrected chi connectivity index (χ2v) is 5.84. The zero-order valence-electron chi connectivity index (χ0n) is 11.1. The van der Waals surface area contributed by atoms with Crippen LogP contribution in [0, 0.1) is 20.2 Å². The zero-order chi connectivity index (χ0) is 16.3. The Kier molecular flexibility index (Phi) is 4.68. The van der Waals surface area contributed by atoms with Gasteiger partial charge in [-0.25, -0.2) is 0 Å². The van der Waals surface area contributed by atoms with Gasteiger partial charge in [0, 0.05) is 6.07 Å². The number of nitro benzene ring substituents is 2. The Balaban J connectivity index is 2.29. The van der Waals surface area contributed by atoms with Crippen LogP contribution < -0.4 is 5.43 Å². The minimum Gasteiger partial charge on any atom is -0.271 e. The molecule has 0 atom stereocenters. The summed E-state index contributed by atoms with van der Waals surface area (Å²) >= 11 is 7.14. The van der Waals surface area contributed by atoms with Gasteiger partial charge in [0.05, 0.1) is 30.8 Å². The number of rotatable bonds is 5. The van der Waals surface area contributed by atoms with Crippen LogP contribution in [0.2, 0.25) is 4.34 Å². The molecule has 0 bridgehead atoms. The molecule has 1 aromatic carbocycles. The van der Waals surface area contributed by atoms with E-state index in [-0.39, 0.29) is 11.4 Å². The molecular formula is C12H9ClN4O4S. The van der Waals surface area contributed by atoms with Gasteiger partial charge in [0.2, 0.25) is 0 Å². The number of nitrogens with zero attached hydrogens (tertiary/aromatic N) is 3. The fourth-order valence-electron chi connectivity index (χ4n) is 1.59. The van der Waals surface area contributed by atoms with Gasteiger partial charge in [-0.15, -0.1) is 11.3 Å². The van der Waals surface area contributed by atoms with Crippen LogP contribution in [0.1, 0.15) is 11.8 Å². The van der Waals surface area contributed by atoms with Crippen LogP contribution in [-0.4, -0.2) is 15.6 Å². The molecule has 0 aliphatic heterocycles. The molecule has 0 saturated carbocycles. The van der Waals surface area contributed by atoms with Crippen LogP contribution in [0.5, 0.6) is 0 Å². The molecule has 1 aromatic heterocycles. The van der Waals surface area contributed by atoms with Gasteiger partial charge in [-0.3, -0.25) is 25.7 Å². The van der Waals surface area contributed by atoms with Crippen molar-refractivity contribution < 1.29 is 9.85 Å². The first-order valence-corrected chi connectivity index (χ1v) is 7.07. The van der Waals surface area contributed by atoms with Crippen LogP contribution in [0.4, 0.5) is 17.1 Å². The first-order chi connectivity index (χ1) is 10.4. The lowest BCUT2D eigenvalue weighted by Gasteiger charge is -2.03. The van der Waals surface area contributed by atoms with E-state index in [9.17, 15) is 20.2 Å². The Morgan fingerprint density at radius 2 is 1.95 bits per heavy atom. The van der Waals surface area contributed by atoms with Gasteiger partial charge in [-0.2, -0.15) is 5.10 Å². The van der Waals surface area contributed by atoms with Crippen LogP contribution >= 0.6 is 22.9 Å². The predicted octanol–water partition coefficient (Wildman–Crippen LogP) is 4.05. The Morgan fingerprint density at radius 1 is 1.23 bits per heavy atom. The van der Waals surface area contributed by atoms with Crippen molar-refractivity contribution in [3.05, 3.63) is 59.8 Å². The summed E-state index contributed by atoms with van der Waals surface area (Å²) in [5, 5.41) is 25.7. The minimum absolute atomic E-state index is 0.0672. The van der Waals surface area contributed by atoms with Crippen molar-refractivity contribution in [2.75, 3.05) is 5.43 Å². The number of benzene rings is 1. The van der Waals surface area contributed by atoms with Gasteiger partial charge >= 0.3 is 5.69 Å². The highest BCUT2D eigenvalue weighted by Crippen LogP contribution is 2.29. The highest BCUT2D eigenvalue weighted by molar-refractivity contribution is 7.18. The van der Waals surface area contributed by atoms with E-state index in [1.807, 2.05) is 0 Å². The molecule has 1 heterocycles. The van der Waals surface area contributed by atoms with Crippen LogP contribution in [0.15, 0.2) is 35.4 Å². The van der Waals surface area contributed by atoms with Crippen molar-refractivity contribution in [2.45, 2.75) is 6.92 Å². The fourth-order valence-corrected chi connectivity index (χ4v) is 2.58. The highest BCUT2D eigenvalue weighted by Gasteiger charge is 2.19. The zero-order valence-corrected chi connectivity index (χ0v) is 12.7. The summed E-state index contributed by atoms with van der Waals surface area (Å²) in [6.07, 6.45) is 0. The summed E-state index contributed by atoms with van der Waals surface area (Å²) in [5.41, 5.74) is 2.43. The Labute approximate surface area is 133 Å². The summed E-state index contributed by atoms with van der Waals surface area (Å²) in [6.45, 7) is 1.71. The summed E-state index contributed by atoms with van der Waals surface area (Å²) in [5.74, 6) is 0. The van der Waals surface area contributed by atoms with Gasteiger partial charge in [0.25, 0.3) is 5.69 Å². The van der Waals surface area contributed by atoms with Crippen LogP contribution in [0.25, 0.3) is 0 Å². The number of non-ortho nitro benzene ring substituents is 1. The maximum Gasteiger partial charge on any atom is 0.301 e. The molecule has 0 amide bonds. The van der Waals surface area contributed by atoms with Crippen molar-refractivity contribution in [1.29, 1.82) is 0 Å². The van der Waals surface area contributed by atoms with Crippen molar-refractivity contribution in [1.82, 2.24) is 0 Å². The number of thiophene rings is 1. The summed E-state index contributed by atoms with van der Waals surface area (Å²) in [4.78, 5) is 21.1. The first kappa shape index (κ1) is 15.9. The number of anilines is 1. The lowest BCUT2D eigenvalue weighted by molar-refractivity contribution is -0.393. The lowest BCUT2D eigenvalue weighted by Crippen LogP contribution is -2.01. The molecule has 0 radical (unpaired) electrons. The minimum atomic E-state index is -0.706. The highest BCUT2D eigenvalue weighted by atomic mass is 35.5. The molecular weight excluding hydrogens is 332 g/mol. The molecule has 10 heteroatoms. The number of halogens is 1. The SMILES string of the molecule is CC(=NNc1ccc([N+](=O)[O-])cc1[N+](=O)[O-])c1ccc(Cl)s1. The molecule has 0 aliphatic rings. The molecule has 2 rings (SSSR count). The fraction of sp³-hybridized carbons (Fsp3) is 0.0833. The molecule has 114 valence electrons. The molecule has 0 fully saturated rings. The van der Waals surface area contributed by atoms with E-state index in [1.54, 1.807) is 19.1 Å². The predicted molar refractivity (Wildman–Crippen MR) is 84.9 cm³/mol. The average molecular weight is 341 g/mol. The molecule has 2 aromatic rings. The Morgan fingerprint density at radius 3 is 2.50 bits per heavy atom. The first-order valence-electron chi connectivity index (χ1n) is 5.87. The van der Waals surface area contributed by atoms with Crippen molar-refractivity contribution in [3.63, 3.8) is 0 Å². The lowest BCUT2D eigenvalue weighted by atomic mass is 10.2. The monoisotopic (exact) mass is 340 g/mol. The van der Waals surface area contributed by atoms with E-state index in [1.165, 1.54) is 23.5 Å². The molecule has 0 unspecified atom stereocenters. The number of hydrogen-bond donors (Lipinski definition) is 1. The summed E-state index contributed by atoms with van der Waals surface area (Å²) in [7, 11) is 0. The second-order valence-electron chi connectivity index (χ2n) is 4.13. The standard InChI is InChI=1S/C12H9ClN4O4S/c1-7(11-4-5-12(13)22-11)14-15-9-3-2-8(16(18)19)6-10(9)17(20)21/h2-6,15H,1H3. The third-order valence-electron chi connectivity index (χ3n) is 2.66. The van der Waals surface area contributed by atoms with E-state index < -0.39 is 15.5 Å². The molecule has 8 nitrogen and oxygen atoms in total. The van der Waals surface area contributed by atoms with Gasteiger partial charge in [-0.1, -0.05) is 11.6 Å². The summed E-state index contributed by atoms with van der Waals surface area (Å²) in [6, 6.07) is 6.79. The largest absolute Gasteiger partial charge is 0.301 e. The van der Waals surface area contributed by atoms with Crippen LogP contribution in [-0.2, 0) is 0 Å². The van der Waals surface area contributed by atoms with Crippen LogP contribution in [0.3, 0.4) is 0 Å². The second kappa shape index (κ2) is 6.50. The number of nitrogens with one attached hydrogen (secondary N) is 1. The number of hydrazone groups is 1. The van der Waals surface area contributed by atoms with Gasteiger partial charge in [0.1, 0.15) is 5.69 Å². The third kappa shape index (κ3) is 3.57. The molecule has 22 heavy (non-hydrogen) atoms. The van der Waals surface area contributed by atoms with E-state index in [2.05, 4.69) is 10.5 Å². The number of nitro groups is 2. The Hall–Kier alpha value is -2.52. The maximum atomic E-state index is 11.0. The maximum absolute atomic E-state index is 11.0. The molecule has 0 aliphatic carbocycles. The van der Waals surface area contributed by atoms with E-state index in [0.29, 0.717) is 10.0 Å². The average Bonchev–Trinajstić information content (AvgIpc) is 2.91. The van der Waals surface area contributed by atoms with Gasteiger partial charge in [0.15, 0.2) is 0 Å². The molecule has 0 spiro atoms. The van der Waals surface area contributed by atoms with E-state index >= 15 is 0 Å². The quantitative estimate of drug-likeness (QED) is 0.501. The van der Waals surface area contributed by atoms with Crippen molar-refractivity contribution in [3.8, 4) is 0 Å². The number of hydrogen-bond acceptors (Lipinski definition) is 7. The summed E-state index contributed by atoms with van der Waals surface area (Å²) < 4.78 is 0.603. The van der Waals surface area contributed by atoms with Gasteiger partial charge < -0.3 is 0 Å². The third-order valence-corrected chi connectivity index (χ3v) is 4.00. The van der Waals surface area contributed by atoms with Gasteiger partial charge in [-0.05, 0) is 25.1 Å². The van der Waals surface area contributed by atoms with E-state index in [0.717, 1.165) is 10.9 Å². The topological polar surface area (TPSA) is 111 Å². The molecule has 1 N–H and O–H groups in total. The van der Waals surface area contributed by atoms with Crippen molar-refractivity contribution in [2.24, 2.45) is 5.10 Å². The smallest absolute Gasteiger partial charge is 0.271 e.